The van der Waals surface area contributed by atoms with E-state index in [2.05, 4.69) is 6.92 Å². The zero-order valence-electron chi connectivity index (χ0n) is 19.4. The summed E-state index contributed by atoms with van der Waals surface area (Å²) < 4.78 is 16.4. The molecule has 1 aliphatic heterocycles. The summed E-state index contributed by atoms with van der Waals surface area (Å²) in [5.74, 6) is 2.21. The Morgan fingerprint density at radius 3 is 2.55 bits per heavy atom. The van der Waals surface area contributed by atoms with Gasteiger partial charge in [-0.25, -0.2) is 5.01 Å². The fraction of sp³-hybridized carbons (Fsp3) is 0.308. The van der Waals surface area contributed by atoms with Gasteiger partial charge >= 0.3 is 0 Å². The molecule has 2 heterocycles. The van der Waals surface area contributed by atoms with Crippen molar-refractivity contribution in [2.45, 2.75) is 25.4 Å². The summed E-state index contributed by atoms with van der Waals surface area (Å²) in [6.45, 7) is 2.26. The first-order chi connectivity index (χ1) is 16.0. The molecule has 2 unspecified atom stereocenters. The Morgan fingerprint density at radius 2 is 1.88 bits per heavy atom. The normalized spacial score (nSPS) is 16.6. The number of benzene rings is 2. The molecule has 2 aromatic carbocycles. The van der Waals surface area contributed by atoms with Gasteiger partial charge < -0.3 is 13.9 Å². The Hall–Kier alpha value is -3.58. The fourth-order valence-electron chi connectivity index (χ4n) is 4.07. The lowest BCUT2D eigenvalue weighted by molar-refractivity contribution is -0.134. The first-order valence-corrected chi connectivity index (χ1v) is 10.9. The lowest BCUT2D eigenvalue weighted by atomic mass is 10.0. The number of methoxy groups -OCH3 is 2. The van der Waals surface area contributed by atoms with E-state index >= 15 is 0 Å². The van der Waals surface area contributed by atoms with Crippen LogP contribution in [-0.2, 0) is 4.79 Å². The molecule has 172 valence electrons. The van der Waals surface area contributed by atoms with Gasteiger partial charge in [0.25, 0.3) is 5.91 Å². The minimum Gasteiger partial charge on any atom is -0.497 e. The monoisotopic (exact) mass is 447 g/mol. The van der Waals surface area contributed by atoms with Gasteiger partial charge in [-0.15, -0.1) is 0 Å². The molecular formula is C26H29N3O4. The lowest BCUT2D eigenvalue weighted by Gasteiger charge is -2.28. The van der Waals surface area contributed by atoms with Gasteiger partial charge in [-0.05, 0) is 62.0 Å². The van der Waals surface area contributed by atoms with E-state index in [1.807, 2.05) is 72.6 Å². The summed E-state index contributed by atoms with van der Waals surface area (Å²) in [5, 5.41) is 6.28. The van der Waals surface area contributed by atoms with Gasteiger partial charge in [0.15, 0.2) is 0 Å². The van der Waals surface area contributed by atoms with Crippen LogP contribution in [0.4, 0.5) is 0 Å². The fourth-order valence-corrected chi connectivity index (χ4v) is 4.07. The van der Waals surface area contributed by atoms with Crippen LogP contribution in [0.25, 0.3) is 0 Å². The van der Waals surface area contributed by atoms with Crippen LogP contribution in [0.1, 0.15) is 42.3 Å². The molecular weight excluding hydrogens is 418 g/mol. The molecule has 33 heavy (non-hydrogen) atoms. The smallest absolute Gasteiger partial charge is 0.257 e. The van der Waals surface area contributed by atoms with Crippen molar-refractivity contribution < 1.29 is 18.7 Å². The average Bonchev–Trinajstić information content (AvgIpc) is 3.53. The number of carbonyl (C=O) groups excluding carboxylic acids is 1. The summed E-state index contributed by atoms with van der Waals surface area (Å²) in [7, 11) is 5.23. The number of nitrogens with zero attached hydrogens (tertiary/aromatic N) is 3. The van der Waals surface area contributed by atoms with Crippen molar-refractivity contribution in [1.29, 1.82) is 0 Å². The van der Waals surface area contributed by atoms with Crippen molar-refractivity contribution in [3.05, 3.63) is 83.8 Å². The second-order valence-corrected chi connectivity index (χ2v) is 8.08. The van der Waals surface area contributed by atoms with Gasteiger partial charge in [0.2, 0.25) is 0 Å². The summed E-state index contributed by atoms with van der Waals surface area (Å²) in [6.07, 6.45) is 2.20. The topological polar surface area (TPSA) is 67.5 Å². The highest BCUT2D eigenvalue weighted by atomic mass is 16.5. The van der Waals surface area contributed by atoms with Crippen molar-refractivity contribution in [2.24, 2.45) is 5.10 Å². The SMILES string of the molecule is COc1ccc(C2=NN(C(=O)CN(C)C(C)c3ccccc3OC)C(c3ccco3)C2)cc1. The molecule has 7 heteroatoms. The highest BCUT2D eigenvalue weighted by Gasteiger charge is 2.35. The molecule has 1 aliphatic rings. The maximum atomic E-state index is 13.4. The number of hydrazone groups is 1. The van der Waals surface area contributed by atoms with Crippen molar-refractivity contribution >= 4 is 11.6 Å². The van der Waals surface area contributed by atoms with Gasteiger partial charge in [-0.3, -0.25) is 9.69 Å². The number of ether oxygens (including phenoxy) is 2. The number of hydrogen-bond acceptors (Lipinski definition) is 6. The summed E-state index contributed by atoms with van der Waals surface area (Å²) >= 11 is 0. The minimum absolute atomic E-state index is 0.0141. The Labute approximate surface area is 194 Å². The van der Waals surface area contributed by atoms with Gasteiger partial charge in [0, 0.05) is 18.0 Å². The number of likely N-dealkylation sites (N-methyl/N-ethyl adjacent to an activating group) is 1. The third kappa shape index (κ3) is 4.78. The molecule has 0 N–H and O–H groups in total. The van der Waals surface area contributed by atoms with Crippen LogP contribution < -0.4 is 9.47 Å². The highest BCUT2D eigenvalue weighted by molar-refractivity contribution is 6.03. The van der Waals surface area contributed by atoms with Crippen LogP contribution in [-0.4, -0.2) is 49.3 Å². The molecule has 0 fully saturated rings. The van der Waals surface area contributed by atoms with Crippen LogP contribution in [0.2, 0.25) is 0 Å². The zero-order chi connectivity index (χ0) is 23.4. The summed E-state index contributed by atoms with van der Waals surface area (Å²) in [5.41, 5.74) is 2.83. The molecule has 4 rings (SSSR count). The van der Waals surface area contributed by atoms with E-state index in [9.17, 15) is 4.79 Å². The number of hydrogen-bond donors (Lipinski definition) is 0. The number of para-hydroxylation sites is 1. The van der Waals surface area contributed by atoms with Gasteiger partial charge in [-0.2, -0.15) is 5.10 Å². The molecule has 1 aromatic heterocycles. The molecule has 2 atom stereocenters. The van der Waals surface area contributed by atoms with E-state index in [-0.39, 0.29) is 24.5 Å². The van der Waals surface area contributed by atoms with E-state index < -0.39 is 0 Å². The van der Waals surface area contributed by atoms with Crippen LogP contribution >= 0.6 is 0 Å². The Morgan fingerprint density at radius 1 is 1.12 bits per heavy atom. The summed E-state index contributed by atoms with van der Waals surface area (Å²) in [4.78, 5) is 15.4. The number of furan rings is 1. The number of amides is 1. The third-order valence-corrected chi connectivity index (χ3v) is 6.10. The third-order valence-electron chi connectivity index (χ3n) is 6.10. The van der Waals surface area contributed by atoms with Crippen LogP contribution in [0.3, 0.4) is 0 Å². The van der Waals surface area contributed by atoms with E-state index in [1.54, 1.807) is 25.5 Å². The van der Waals surface area contributed by atoms with Gasteiger partial charge in [0.1, 0.15) is 23.3 Å². The van der Waals surface area contributed by atoms with Crippen molar-refractivity contribution in [2.75, 3.05) is 27.8 Å². The Kier molecular flexibility index (Phi) is 6.79. The van der Waals surface area contributed by atoms with Crippen molar-refractivity contribution in [3.63, 3.8) is 0 Å². The van der Waals surface area contributed by atoms with E-state index in [4.69, 9.17) is 19.0 Å². The second-order valence-electron chi connectivity index (χ2n) is 8.08. The van der Waals surface area contributed by atoms with Gasteiger partial charge in [0.05, 0.1) is 32.7 Å². The first kappa shape index (κ1) is 22.6. The Balaban J connectivity index is 1.55. The lowest BCUT2D eigenvalue weighted by Crippen LogP contribution is -2.37. The number of carbonyl (C=O) groups is 1. The maximum absolute atomic E-state index is 13.4. The number of rotatable bonds is 8. The van der Waals surface area contributed by atoms with Crippen LogP contribution in [0.15, 0.2) is 76.4 Å². The molecule has 0 bridgehead atoms. The minimum atomic E-state index is -0.278. The predicted octanol–water partition coefficient (Wildman–Crippen LogP) is 4.67. The molecule has 0 saturated carbocycles. The molecule has 0 aliphatic carbocycles. The van der Waals surface area contributed by atoms with Crippen LogP contribution in [0, 0.1) is 0 Å². The van der Waals surface area contributed by atoms with Crippen LogP contribution in [0.5, 0.6) is 11.5 Å². The van der Waals surface area contributed by atoms with E-state index in [0.29, 0.717) is 6.42 Å². The second kappa shape index (κ2) is 9.92. The van der Waals surface area contributed by atoms with E-state index in [1.165, 1.54) is 0 Å². The van der Waals surface area contributed by atoms with Crippen molar-refractivity contribution in [1.82, 2.24) is 9.91 Å². The average molecular weight is 448 g/mol. The van der Waals surface area contributed by atoms with E-state index in [0.717, 1.165) is 34.1 Å². The zero-order valence-corrected chi connectivity index (χ0v) is 19.4. The predicted molar refractivity (Wildman–Crippen MR) is 126 cm³/mol. The maximum Gasteiger partial charge on any atom is 0.257 e. The van der Waals surface area contributed by atoms with Gasteiger partial charge in [-0.1, -0.05) is 18.2 Å². The molecule has 0 saturated heterocycles. The summed E-state index contributed by atoms with van der Waals surface area (Å²) in [6, 6.07) is 19.0. The molecule has 0 spiro atoms. The molecule has 3 aromatic rings. The quantitative estimate of drug-likeness (QED) is 0.502. The standard InChI is InChI=1S/C26H29N3O4/c1-18(21-8-5-6-9-24(21)32-4)28(2)17-26(30)29-23(25-10-7-15-33-25)16-22(27-29)19-11-13-20(31-3)14-12-19/h5-15,18,23H,16-17H2,1-4H3. The molecule has 7 nitrogen and oxygen atoms in total. The Bertz CT molecular complexity index is 1110. The first-order valence-electron chi connectivity index (χ1n) is 10.9. The molecule has 1 amide bonds. The van der Waals surface area contributed by atoms with Crippen molar-refractivity contribution in [3.8, 4) is 11.5 Å². The largest absolute Gasteiger partial charge is 0.497 e. The highest BCUT2D eigenvalue weighted by Crippen LogP contribution is 2.34. The molecule has 0 radical (unpaired) electrons.